The van der Waals surface area contributed by atoms with Gasteiger partial charge in [-0.1, -0.05) is 12.1 Å². The Morgan fingerprint density at radius 1 is 1.32 bits per heavy atom. The number of imidazole rings is 1. The van der Waals surface area contributed by atoms with E-state index in [1.54, 1.807) is 19.4 Å². The van der Waals surface area contributed by atoms with Crippen molar-refractivity contribution in [3.8, 4) is 5.69 Å². The van der Waals surface area contributed by atoms with E-state index in [-0.39, 0.29) is 12.1 Å². The zero-order chi connectivity index (χ0) is 15.9. The lowest BCUT2D eigenvalue weighted by Crippen LogP contribution is -2.38. The maximum atomic E-state index is 11.7. The lowest BCUT2D eigenvalue weighted by Gasteiger charge is -2.16. The zero-order valence-electron chi connectivity index (χ0n) is 12.9. The number of urea groups is 1. The Kier molecular flexibility index (Phi) is 5.55. The van der Waals surface area contributed by atoms with Crippen LogP contribution in [0.3, 0.4) is 0 Å². The summed E-state index contributed by atoms with van der Waals surface area (Å²) in [6, 6.07) is 7.61. The third-order valence-corrected chi connectivity index (χ3v) is 3.39. The number of amides is 2. The number of aromatic nitrogens is 2. The molecule has 6 nitrogen and oxygen atoms in total. The first-order valence-corrected chi connectivity index (χ1v) is 7.37. The van der Waals surface area contributed by atoms with Crippen LogP contribution in [0.2, 0.25) is 0 Å². The Labute approximate surface area is 130 Å². The van der Waals surface area contributed by atoms with E-state index in [0.717, 1.165) is 11.3 Å². The zero-order valence-corrected chi connectivity index (χ0v) is 12.9. The van der Waals surface area contributed by atoms with E-state index in [2.05, 4.69) is 15.6 Å². The molecule has 0 radical (unpaired) electrons. The Morgan fingerprint density at radius 2 is 2.05 bits per heavy atom. The minimum absolute atomic E-state index is 0.0941. The van der Waals surface area contributed by atoms with Crippen molar-refractivity contribution in [3.63, 3.8) is 0 Å². The number of nitrogens with one attached hydrogen (secondary N) is 2. The molecule has 0 saturated heterocycles. The Bertz CT molecular complexity index is 579. The lowest BCUT2D eigenvalue weighted by atomic mass is 10.1. The number of carbonyl (C=O) groups excluding carboxylic acids is 1. The van der Waals surface area contributed by atoms with Gasteiger partial charge in [0.1, 0.15) is 0 Å². The SMILES string of the molecule is CC(O)CCNC(=O)NC(C)c1ccc(-n2ccnc2)cc1. The molecule has 2 atom stereocenters. The van der Waals surface area contributed by atoms with Crippen molar-refractivity contribution in [2.24, 2.45) is 0 Å². The second-order valence-corrected chi connectivity index (χ2v) is 5.32. The first-order chi connectivity index (χ1) is 10.6. The van der Waals surface area contributed by atoms with Gasteiger partial charge in [0.25, 0.3) is 0 Å². The van der Waals surface area contributed by atoms with Gasteiger partial charge in [-0.2, -0.15) is 0 Å². The lowest BCUT2D eigenvalue weighted by molar-refractivity contribution is 0.183. The van der Waals surface area contributed by atoms with Gasteiger partial charge in [0.2, 0.25) is 0 Å². The van der Waals surface area contributed by atoms with E-state index in [9.17, 15) is 4.79 Å². The molecule has 0 aliphatic heterocycles. The smallest absolute Gasteiger partial charge is 0.315 e. The first kappa shape index (κ1) is 16.0. The van der Waals surface area contributed by atoms with Crippen molar-refractivity contribution in [1.29, 1.82) is 0 Å². The van der Waals surface area contributed by atoms with Crippen LogP contribution in [0.1, 0.15) is 31.9 Å². The molecule has 1 heterocycles. The van der Waals surface area contributed by atoms with E-state index in [1.165, 1.54) is 0 Å². The van der Waals surface area contributed by atoms with Crippen LogP contribution in [0.15, 0.2) is 43.0 Å². The normalized spacial score (nSPS) is 13.4. The molecule has 0 aliphatic rings. The van der Waals surface area contributed by atoms with Crippen LogP contribution >= 0.6 is 0 Å². The molecule has 0 aliphatic carbocycles. The highest BCUT2D eigenvalue weighted by Gasteiger charge is 2.09. The van der Waals surface area contributed by atoms with Gasteiger partial charge in [0, 0.05) is 24.6 Å². The number of hydrogen-bond donors (Lipinski definition) is 3. The van der Waals surface area contributed by atoms with Gasteiger partial charge < -0.3 is 20.3 Å². The topological polar surface area (TPSA) is 79.2 Å². The average molecular weight is 302 g/mol. The van der Waals surface area contributed by atoms with Crippen LogP contribution in [0, 0.1) is 0 Å². The highest BCUT2D eigenvalue weighted by Crippen LogP contribution is 2.15. The number of aliphatic hydroxyl groups is 1. The molecule has 2 unspecified atom stereocenters. The molecule has 6 heteroatoms. The molecule has 2 amide bonds. The first-order valence-electron chi connectivity index (χ1n) is 7.37. The fraction of sp³-hybridized carbons (Fsp3) is 0.375. The monoisotopic (exact) mass is 302 g/mol. The minimum atomic E-state index is -0.409. The summed E-state index contributed by atoms with van der Waals surface area (Å²) in [6.07, 6.45) is 5.49. The van der Waals surface area contributed by atoms with Gasteiger partial charge in [-0.15, -0.1) is 0 Å². The van der Waals surface area contributed by atoms with Crippen LogP contribution in [0.4, 0.5) is 4.79 Å². The molecule has 1 aromatic carbocycles. The van der Waals surface area contributed by atoms with E-state index >= 15 is 0 Å². The van der Waals surface area contributed by atoms with Crippen LogP contribution in [0.25, 0.3) is 5.69 Å². The number of carbonyl (C=O) groups is 1. The number of rotatable bonds is 6. The minimum Gasteiger partial charge on any atom is -0.393 e. The third-order valence-electron chi connectivity index (χ3n) is 3.39. The third kappa shape index (κ3) is 4.60. The van der Waals surface area contributed by atoms with Crippen molar-refractivity contribution in [1.82, 2.24) is 20.2 Å². The standard InChI is InChI=1S/C16H22N4O2/c1-12(21)7-8-18-16(22)19-13(2)14-3-5-15(6-4-14)20-10-9-17-11-20/h3-6,9-13,21H,7-8H2,1-2H3,(H2,18,19,22). The number of aliphatic hydroxyl groups excluding tert-OH is 1. The van der Waals surface area contributed by atoms with Gasteiger partial charge in [0.05, 0.1) is 18.5 Å². The van der Waals surface area contributed by atoms with E-state index in [1.807, 2.05) is 42.0 Å². The van der Waals surface area contributed by atoms with Crippen LogP contribution < -0.4 is 10.6 Å². The van der Waals surface area contributed by atoms with Gasteiger partial charge in [-0.3, -0.25) is 0 Å². The fourth-order valence-electron chi connectivity index (χ4n) is 2.07. The summed E-state index contributed by atoms with van der Waals surface area (Å²) in [5, 5.41) is 14.8. The van der Waals surface area contributed by atoms with Gasteiger partial charge in [-0.05, 0) is 38.0 Å². The second kappa shape index (κ2) is 7.61. The number of nitrogens with zero attached hydrogens (tertiary/aromatic N) is 2. The molecule has 22 heavy (non-hydrogen) atoms. The van der Waals surface area contributed by atoms with Gasteiger partial charge >= 0.3 is 6.03 Å². The maximum Gasteiger partial charge on any atom is 0.315 e. The molecule has 118 valence electrons. The van der Waals surface area contributed by atoms with Crippen LogP contribution in [-0.2, 0) is 0 Å². The summed E-state index contributed by atoms with van der Waals surface area (Å²) in [7, 11) is 0. The van der Waals surface area contributed by atoms with Gasteiger partial charge in [0.15, 0.2) is 0 Å². The van der Waals surface area contributed by atoms with E-state index < -0.39 is 6.10 Å². The molecular weight excluding hydrogens is 280 g/mol. The van der Waals surface area contributed by atoms with Crippen molar-refractivity contribution in [2.45, 2.75) is 32.4 Å². The van der Waals surface area contributed by atoms with Crippen LogP contribution in [-0.4, -0.2) is 33.3 Å². The molecule has 0 bridgehead atoms. The highest BCUT2D eigenvalue weighted by atomic mass is 16.3. The summed E-state index contributed by atoms with van der Waals surface area (Å²) in [5.74, 6) is 0. The molecular formula is C16H22N4O2. The molecule has 0 fully saturated rings. The summed E-state index contributed by atoms with van der Waals surface area (Å²) >= 11 is 0. The molecule has 2 aromatic rings. The van der Waals surface area contributed by atoms with Crippen molar-refractivity contribution in [2.75, 3.05) is 6.54 Å². The number of benzene rings is 1. The summed E-state index contributed by atoms with van der Waals surface area (Å²) in [5.41, 5.74) is 2.05. The number of hydrogen-bond acceptors (Lipinski definition) is 3. The predicted octanol–water partition coefficient (Wildman–Crippen LogP) is 2.00. The molecule has 1 aromatic heterocycles. The molecule has 0 spiro atoms. The quantitative estimate of drug-likeness (QED) is 0.763. The molecule has 2 rings (SSSR count). The summed E-state index contributed by atoms with van der Waals surface area (Å²) in [4.78, 5) is 15.8. The second-order valence-electron chi connectivity index (χ2n) is 5.32. The predicted molar refractivity (Wildman–Crippen MR) is 84.8 cm³/mol. The Hall–Kier alpha value is -2.34. The average Bonchev–Trinajstić information content (AvgIpc) is 3.01. The largest absolute Gasteiger partial charge is 0.393 e. The Morgan fingerprint density at radius 3 is 2.64 bits per heavy atom. The fourth-order valence-corrected chi connectivity index (χ4v) is 2.07. The van der Waals surface area contributed by atoms with Gasteiger partial charge in [-0.25, -0.2) is 9.78 Å². The molecule has 0 saturated carbocycles. The Balaban J connectivity index is 1.87. The maximum absolute atomic E-state index is 11.7. The van der Waals surface area contributed by atoms with Crippen LogP contribution in [0.5, 0.6) is 0 Å². The van der Waals surface area contributed by atoms with Crippen molar-refractivity contribution in [3.05, 3.63) is 48.5 Å². The summed E-state index contributed by atoms with van der Waals surface area (Å²) < 4.78 is 1.92. The highest BCUT2D eigenvalue weighted by molar-refractivity contribution is 5.74. The van der Waals surface area contributed by atoms with E-state index in [0.29, 0.717) is 13.0 Å². The van der Waals surface area contributed by atoms with Crippen molar-refractivity contribution < 1.29 is 9.90 Å². The summed E-state index contributed by atoms with van der Waals surface area (Å²) in [6.45, 7) is 4.08. The molecule has 3 N–H and O–H groups in total. The van der Waals surface area contributed by atoms with E-state index in [4.69, 9.17) is 5.11 Å². The van der Waals surface area contributed by atoms with Crippen molar-refractivity contribution >= 4 is 6.03 Å².